The van der Waals surface area contributed by atoms with Crippen LogP contribution in [-0.4, -0.2) is 123 Å². The highest BCUT2D eigenvalue weighted by molar-refractivity contribution is 7.19. The summed E-state index contributed by atoms with van der Waals surface area (Å²) in [5.41, 5.74) is 1.37. The Morgan fingerprint density at radius 3 is 2.30 bits per heavy atom. The summed E-state index contributed by atoms with van der Waals surface area (Å²) in [4.78, 5) is 99.3. The Balaban J connectivity index is 0.817. The van der Waals surface area contributed by atoms with E-state index >= 15 is 0 Å². The lowest BCUT2D eigenvalue weighted by molar-refractivity contribution is -0.174. The maximum Gasteiger partial charge on any atom is 0.415 e. The molecule has 1 aromatic heterocycles. The number of allylic oxidation sites excluding steroid dienone is 4. The first-order valence-corrected chi connectivity index (χ1v) is 30.3. The Kier molecular flexibility index (Phi) is 20.3. The maximum atomic E-state index is 13.7. The van der Waals surface area contributed by atoms with Crippen LogP contribution in [0.2, 0.25) is 0 Å². The minimum atomic E-state index is -1.09. The highest BCUT2D eigenvalue weighted by Gasteiger charge is 2.63. The number of benzene rings is 1. The molecular weight excluding hydrogens is 1040 g/mol. The number of nitrogens with zero attached hydrogens (tertiary/aromatic N) is 4. The molecule has 18 heteroatoms. The molecule has 0 spiro atoms. The van der Waals surface area contributed by atoms with Crippen molar-refractivity contribution in [2.24, 2.45) is 51.8 Å². The number of aliphatic hydroxyl groups excluding tert-OH is 2. The highest BCUT2D eigenvalue weighted by Crippen LogP contribution is 2.68. The van der Waals surface area contributed by atoms with Gasteiger partial charge in [0.15, 0.2) is 16.6 Å². The van der Waals surface area contributed by atoms with Gasteiger partial charge in [0.1, 0.15) is 17.9 Å². The second-order valence-corrected chi connectivity index (χ2v) is 26.5. The van der Waals surface area contributed by atoms with Crippen LogP contribution in [0.25, 0.3) is 10.2 Å². The van der Waals surface area contributed by atoms with E-state index < -0.39 is 23.5 Å². The number of likely N-dealkylation sites (N-methyl/N-ethyl adjacent to an activating group) is 1. The topological polar surface area (TPSA) is 257 Å². The molecular formula is C62H88N6O11S. The number of hydrogen-bond donors (Lipinski definition) is 5. The van der Waals surface area contributed by atoms with E-state index in [0.717, 1.165) is 51.4 Å². The van der Waals surface area contributed by atoms with Crippen LogP contribution in [0, 0.1) is 63.1 Å². The molecule has 7 rings (SSSR count). The summed E-state index contributed by atoms with van der Waals surface area (Å²) in [7, 11) is 1.62. The molecule has 0 aliphatic heterocycles. The third-order valence-electron chi connectivity index (χ3n) is 20.0. The molecule has 2 unspecified atom stereocenters. The zero-order valence-electron chi connectivity index (χ0n) is 48.8. The van der Waals surface area contributed by atoms with Crippen molar-refractivity contribution >= 4 is 62.9 Å². The lowest BCUT2D eigenvalue weighted by atomic mass is 9.43. The van der Waals surface area contributed by atoms with Gasteiger partial charge in [-0.25, -0.2) is 14.6 Å². The van der Waals surface area contributed by atoms with Gasteiger partial charge in [-0.15, -0.1) is 11.3 Å². The summed E-state index contributed by atoms with van der Waals surface area (Å²) in [6.07, 6.45) is 10.6. The lowest BCUT2D eigenvalue weighted by Gasteiger charge is -2.62. The van der Waals surface area contributed by atoms with Crippen LogP contribution in [0.5, 0.6) is 5.75 Å². The number of hydrogen-bond acceptors (Lipinski definition) is 13. The third kappa shape index (κ3) is 13.9. The summed E-state index contributed by atoms with van der Waals surface area (Å²) in [5.74, 6) is 0.306. The van der Waals surface area contributed by atoms with Crippen molar-refractivity contribution in [1.29, 1.82) is 5.26 Å². The van der Waals surface area contributed by atoms with Crippen LogP contribution < -0.4 is 15.4 Å². The normalized spacial score (nSPS) is 27.4. The molecule has 2 aromatic rings. The molecule has 4 amide bonds. The van der Waals surface area contributed by atoms with E-state index in [1.807, 2.05) is 6.07 Å². The molecule has 1 aromatic carbocycles. The van der Waals surface area contributed by atoms with Crippen molar-refractivity contribution in [1.82, 2.24) is 25.4 Å². The average molecular weight is 1130 g/mol. The number of ketones is 2. The van der Waals surface area contributed by atoms with Gasteiger partial charge in [0, 0.05) is 86.3 Å². The minimum Gasteiger partial charge on any atom is -0.480 e. The van der Waals surface area contributed by atoms with Crippen molar-refractivity contribution in [3.8, 4) is 11.8 Å². The predicted molar refractivity (Wildman–Crippen MR) is 305 cm³/mol. The molecule has 1 heterocycles. The Morgan fingerprint density at radius 1 is 0.863 bits per heavy atom. The predicted octanol–water partition coefficient (Wildman–Crippen LogP) is 9.47. The molecule has 4 saturated carbocycles. The number of thiazole rings is 1. The summed E-state index contributed by atoms with van der Waals surface area (Å²) >= 11 is 1.18. The molecule has 80 heavy (non-hydrogen) atoms. The van der Waals surface area contributed by atoms with Crippen LogP contribution in [0.1, 0.15) is 176 Å². The average Bonchev–Trinajstić information content (AvgIpc) is 4.12. The Hall–Kier alpha value is -5.51. The number of fused-ring (bicyclic) bond motifs is 6. The number of unbranched alkanes of at least 4 members (excludes halogenated alkanes) is 3. The number of carboxylic acids is 1. The first-order chi connectivity index (χ1) is 37.8. The number of amides is 4. The fourth-order valence-electron chi connectivity index (χ4n) is 15.2. The number of aliphatic hydroxyl groups is 2. The molecule has 5 aliphatic rings. The van der Waals surface area contributed by atoms with Gasteiger partial charge in [0.2, 0.25) is 17.7 Å². The number of carbonyl (C=O) groups is 7. The Labute approximate surface area is 476 Å². The fraction of sp³-hybridized carbons (Fsp3) is 0.694. The SMILES string of the molecule is CC1=C(C)C(=O)C(C(C)(C)CC(=O)N(C)CCN(CCCCCC(=O)NCCCCC(NC(=O)CCC(C)[C@H]2CC[C@H]3[C@@H]4[C@H](O)C[C@@H]5C[C@H](O)CC[C@]5(C)[C@H]4CC[C@]23C)C(=O)O)C(=O)Oc2ccc3nc(C#N)sc3c2)=C(C)C1=O. The minimum absolute atomic E-state index is 0.0422. The molecule has 5 N–H and O–H groups in total. The molecule has 0 saturated heterocycles. The number of ether oxygens (including phenoxy) is 1. The van der Waals surface area contributed by atoms with Crippen LogP contribution in [0.3, 0.4) is 0 Å². The number of carbonyl (C=O) groups excluding carboxylic acids is 6. The van der Waals surface area contributed by atoms with Gasteiger partial charge in [0.05, 0.1) is 22.4 Å². The summed E-state index contributed by atoms with van der Waals surface area (Å²) in [5, 5.41) is 47.4. The number of nitriles is 1. The monoisotopic (exact) mass is 1120 g/mol. The largest absolute Gasteiger partial charge is 0.480 e. The van der Waals surface area contributed by atoms with Gasteiger partial charge in [0.25, 0.3) is 0 Å². The molecule has 11 atom stereocenters. The summed E-state index contributed by atoms with van der Waals surface area (Å²) < 4.78 is 6.48. The number of nitrogens with one attached hydrogen (secondary N) is 2. The molecule has 17 nitrogen and oxygen atoms in total. The zero-order valence-corrected chi connectivity index (χ0v) is 49.6. The van der Waals surface area contributed by atoms with Crippen LogP contribution in [-0.2, 0) is 28.8 Å². The first-order valence-electron chi connectivity index (χ1n) is 29.4. The van der Waals surface area contributed by atoms with E-state index in [9.17, 15) is 54.1 Å². The van der Waals surface area contributed by atoms with Crippen molar-refractivity contribution in [2.75, 3.05) is 33.2 Å². The van der Waals surface area contributed by atoms with E-state index in [2.05, 4.69) is 36.4 Å². The van der Waals surface area contributed by atoms with Gasteiger partial charge >= 0.3 is 12.1 Å². The fourth-order valence-corrected chi connectivity index (χ4v) is 16.0. The van der Waals surface area contributed by atoms with Crippen LogP contribution in [0.4, 0.5) is 4.79 Å². The van der Waals surface area contributed by atoms with Gasteiger partial charge in [-0.2, -0.15) is 5.26 Å². The molecule has 0 bridgehead atoms. The number of rotatable bonds is 24. The van der Waals surface area contributed by atoms with Gasteiger partial charge in [-0.3, -0.25) is 24.0 Å². The van der Waals surface area contributed by atoms with Crippen LogP contribution >= 0.6 is 11.3 Å². The van der Waals surface area contributed by atoms with Crippen molar-refractivity contribution in [3.05, 3.63) is 45.5 Å². The first kappa shape index (κ1) is 62.1. The Bertz CT molecular complexity index is 2780. The smallest absolute Gasteiger partial charge is 0.415 e. The molecule has 438 valence electrons. The van der Waals surface area contributed by atoms with E-state index in [4.69, 9.17) is 4.74 Å². The lowest BCUT2D eigenvalue weighted by Crippen LogP contribution is -2.58. The number of carboxylic acid groups (broad SMARTS) is 1. The summed E-state index contributed by atoms with van der Waals surface area (Å²) in [6.45, 7) is 16.4. The van der Waals surface area contributed by atoms with E-state index in [0.29, 0.717) is 101 Å². The van der Waals surface area contributed by atoms with Crippen LogP contribution in [0.15, 0.2) is 40.5 Å². The van der Waals surface area contributed by atoms with E-state index in [1.54, 1.807) is 59.9 Å². The standard InChI is InChI=1S/C62H88N6O11S/c1-36(43-19-20-44-54-45(24-26-62(43,44)8)61(7)25-23-41(69)31-40(61)32-48(54)70)17-22-51(72)65-47(58(76)77)15-12-13-27-64-50(71)16-11-10-14-28-68(59(78)79-42-18-21-46-49(33-42)80-52(35-63)66-46)30-29-67(9)53(73)34-60(5,6)55-39(4)56(74)37(2)38(3)57(55)75/h18,21,33,36,40-41,43-45,47-48,54,69-70H,10-17,19-20,22-32,34H2,1-9H3,(H,64,71)(H,65,72)(H,76,77)/t36?,40-,41+,43+,44-,45-,47?,48+,54-,61-,62+/m0/s1. The van der Waals surface area contributed by atoms with Crippen molar-refractivity contribution < 1.29 is 53.6 Å². The van der Waals surface area contributed by atoms with Gasteiger partial charge < -0.3 is 40.5 Å². The van der Waals surface area contributed by atoms with Gasteiger partial charge in [-0.1, -0.05) is 41.0 Å². The zero-order chi connectivity index (χ0) is 58.4. The molecule has 0 radical (unpaired) electrons. The maximum absolute atomic E-state index is 13.7. The second-order valence-electron chi connectivity index (χ2n) is 25.5. The second kappa shape index (κ2) is 26.2. The van der Waals surface area contributed by atoms with Crippen molar-refractivity contribution in [3.63, 3.8) is 0 Å². The van der Waals surface area contributed by atoms with Gasteiger partial charge in [-0.05, 0) is 169 Å². The number of aromatic nitrogens is 1. The third-order valence-corrected chi connectivity index (χ3v) is 20.9. The van der Waals surface area contributed by atoms with E-state index in [-0.39, 0.29) is 120 Å². The number of Topliss-reactive ketones (excluding diaryl/α,β-unsaturated/α-hetero) is 2. The highest BCUT2D eigenvalue weighted by atomic mass is 32.1. The summed E-state index contributed by atoms with van der Waals surface area (Å²) in [6, 6.07) is 5.93. The molecule has 5 aliphatic carbocycles. The number of aliphatic carboxylic acids is 1. The quantitative estimate of drug-likeness (QED) is 0.0485. The Morgan fingerprint density at radius 2 is 1.57 bits per heavy atom. The van der Waals surface area contributed by atoms with Crippen molar-refractivity contribution in [2.45, 2.75) is 189 Å². The molecule has 4 fully saturated rings. The van der Waals surface area contributed by atoms with E-state index in [1.165, 1.54) is 21.1 Å².